The summed E-state index contributed by atoms with van der Waals surface area (Å²) < 4.78 is 37.4. The first-order valence-electron chi connectivity index (χ1n) is 10.4. The molecule has 1 heterocycles. The zero-order chi connectivity index (χ0) is 22.9. The molecule has 0 saturated carbocycles. The minimum Gasteiger partial charge on any atom is -0.480 e. The number of benzene rings is 4. The summed E-state index contributed by atoms with van der Waals surface area (Å²) in [4.78, 5) is 2.06. The Bertz CT molecular complexity index is 1300. The van der Waals surface area contributed by atoms with Gasteiger partial charge in [0.1, 0.15) is 17.6 Å². The van der Waals surface area contributed by atoms with Gasteiger partial charge in [0.15, 0.2) is 0 Å². The molecule has 0 radical (unpaired) electrons. The van der Waals surface area contributed by atoms with Crippen molar-refractivity contribution in [3.63, 3.8) is 0 Å². The summed E-state index contributed by atoms with van der Waals surface area (Å²) in [6.45, 7) is -2.94. The number of alkyl halides is 2. The first kappa shape index (κ1) is 21.3. The van der Waals surface area contributed by atoms with E-state index in [1.165, 1.54) is 6.07 Å². The van der Waals surface area contributed by atoms with Crippen LogP contribution in [0, 0.1) is 0 Å². The highest BCUT2D eigenvalue weighted by Gasteiger charge is 2.31. The van der Waals surface area contributed by atoms with Crippen molar-refractivity contribution in [1.82, 2.24) is 0 Å². The van der Waals surface area contributed by atoms with Gasteiger partial charge in [-0.05, 0) is 59.7 Å². The molecule has 3 nitrogen and oxygen atoms in total. The van der Waals surface area contributed by atoms with Crippen LogP contribution < -0.4 is 14.4 Å². The van der Waals surface area contributed by atoms with Gasteiger partial charge in [0, 0.05) is 29.0 Å². The Balaban J connectivity index is 1.68. The highest BCUT2D eigenvalue weighted by atomic mass is 35.5. The molecule has 0 spiro atoms. The molecule has 6 heteroatoms. The Morgan fingerprint density at radius 1 is 0.879 bits per heavy atom. The maximum absolute atomic E-state index is 13.1. The van der Waals surface area contributed by atoms with Crippen molar-refractivity contribution >= 4 is 23.0 Å². The molecule has 5 rings (SSSR count). The number of hydrogen-bond acceptors (Lipinski definition) is 3. The predicted molar refractivity (Wildman–Crippen MR) is 127 cm³/mol. The number of fused-ring (bicyclic) bond motifs is 3. The third kappa shape index (κ3) is 4.12. The van der Waals surface area contributed by atoms with E-state index >= 15 is 0 Å². The lowest BCUT2D eigenvalue weighted by atomic mass is 9.88. The highest BCUT2D eigenvalue weighted by Crippen LogP contribution is 2.50. The van der Waals surface area contributed by atoms with Gasteiger partial charge in [0.2, 0.25) is 0 Å². The van der Waals surface area contributed by atoms with Gasteiger partial charge in [-0.1, -0.05) is 54.1 Å². The van der Waals surface area contributed by atoms with Crippen molar-refractivity contribution in [3.8, 4) is 22.6 Å². The zero-order valence-corrected chi connectivity index (χ0v) is 18.5. The summed E-state index contributed by atoms with van der Waals surface area (Å²) in [7, 11) is 1.98. The summed E-state index contributed by atoms with van der Waals surface area (Å²) in [5, 5.41) is 0.593. The lowest BCUT2D eigenvalue weighted by Gasteiger charge is -2.31. The topological polar surface area (TPSA) is 21.7 Å². The number of ether oxygens (including phenoxy) is 2. The fourth-order valence-corrected chi connectivity index (χ4v) is 4.38. The monoisotopic (exact) mass is 463 g/mol. The van der Waals surface area contributed by atoms with Gasteiger partial charge in [-0.15, -0.1) is 0 Å². The van der Waals surface area contributed by atoms with Gasteiger partial charge in [0.25, 0.3) is 0 Å². The number of para-hydroxylation sites is 1. The van der Waals surface area contributed by atoms with Crippen LogP contribution >= 0.6 is 11.6 Å². The molecular weight excluding hydrogens is 444 g/mol. The molecule has 4 aromatic carbocycles. The third-order valence-corrected chi connectivity index (χ3v) is 5.95. The van der Waals surface area contributed by atoms with Gasteiger partial charge < -0.3 is 14.4 Å². The summed E-state index contributed by atoms with van der Waals surface area (Å²) >= 11 is 6.27. The van der Waals surface area contributed by atoms with Crippen LogP contribution in [0.5, 0.6) is 11.5 Å². The van der Waals surface area contributed by atoms with Crippen LogP contribution in [0.1, 0.15) is 17.2 Å². The lowest BCUT2D eigenvalue weighted by molar-refractivity contribution is -0.0496. The fourth-order valence-electron chi connectivity index (χ4n) is 4.18. The van der Waals surface area contributed by atoms with E-state index in [1.807, 2.05) is 73.8 Å². The normalized spacial score (nSPS) is 14.3. The Morgan fingerprint density at radius 3 is 2.42 bits per heavy atom. The van der Waals surface area contributed by atoms with E-state index < -0.39 is 12.7 Å². The Labute approximate surface area is 195 Å². The Kier molecular flexibility index (Phi) is 5.65. The standard InChI is InChI=1S/C27H20ClF2NO2/c1-31(19-9-3-2-4-10-19)20-13-14-21-22(16-20)26(17-7-5-8-18(28)15-17)32-23-11-6-12-24(25(21)23)33-27(29)30/h2-16,26-27H,1H3. The molecule has 0 amide bonds. The molecule has 0 N–H and O–H groups in total. The first-order chi connectivity index (χ1) is 16.0. The van der Waals surface area contributed by atoms with Gasteiger partial charge in [-0.25, -0.2) is 0 Å². The van der Waals surface area contributed by atoms with Crippen molar-refractivity contribution in [2.75, 3.05) is 11.9 Å². The molecule has 4 aromatic rings. The quantitative estimate of drug-likeness (QED) is 0.300. The number of anilines is 2. The molecule has 0 bridgehead atoms. The van der Waals surface area contributed by atoms with Gasteiger partial charge in [-0.3, -0.25) is 0 Å². The molecule has 0 aromatic heterocycles. The molecular formula is C27H20ClF2NO2. The first-order valence-corrected chi connectivity index (χ1v) is 10.8. The predicted octanol–water partition coefficient (Wildman–Crippen LogP) is 7.86. The Morgan fingerprint density at radius 2 is 1.67 bits per heavy atom. The zero-order valence-electron chi connectivity index (χ0n) is 17.7. The average molecular weight is 464 g/mol. The third-order valence-electron chi connectivity index (χ3n) is 5.72. The van der Waals surface area contributed by atoms with E-state index in [0.29, 0.717) is 16.3 Å². The SMILES string of the molecule is CN(c1ccccc1)c1ccc2c(c1)C(c1cccc(Cl)c1)Oc1cccc(OC(F)F)c1-2. The van der Waals surface area contributed by atoms with Crippen LogP contribution in [0.15, 0.2) is 91.0 Å². The van der Waals surface area contributed by atoms with E-state index in [4.69, 9.17) is 21.1 Å². The van der Waals surface area contributed by atoms with Crippen molar-refractivity contribution < 1.29 is 18.3 Å². The smallest absolute Gasteiger partial charge is 0.387 e. The molecule has 1 aliphatic rings. The number of rotatable bonds is 5. The van der Waals surface area contributed by atoms with Crippen molar-refractivity contribution in [2.45, 2.75) is 12.7 Å². The summed E-state index contributed by atoms with van der Waals surface area (Å²) in [5.41, 5.74) is 4.97. The van der Waals surface area contributed by atoms with Crippen molar-refractivity contribution in [3.05, 3.63) is 107 Å². The van der Waals surface area contributed by atoms with Gasteiger partial charge >= 0.3 is 6.61 Å². The van der Waals surface area contributed by atoms with Crippen LogP contribution in [0.2, 0.25) is 5.02 Å². The number of nitrogens with zero attached hydrogens (tertiary/aromatic N) is 1. The average Bonchev–Trinajstić information content (AvgIpc) is 2.83. The largest absolute Gasteiger partial charge is 0.480 e. The van der Waals surface area contributed by atoms with E-state index in [2.05, 4.69) is 4.90 Å². The van der Waals surface area contributed by atoms with Crippen LogP contribution in [-0.4, -0.2) is 13.7 Å². The lowest BCUT2D eigenvalue weighted by Crippen LogP contribution is -2.18. The maximum Gasteiger partial charge on any atom is 0.387 e. The second-order valence-corrected chi connectivity index (χ2v) is 8.16. The molecule has 33 heavy (non-hydrogen) atoms. The highest BCUT2D eigenvalue weighted by molar-refractivity contribution is 6.30. The van der Waals surface area contributed by atoms with Crippen LogP contribution in [0.4, 0.5) is 20.2 Å². The van der Waals surface area contributed by atoms with E-state index in [1.54, 1.807) is 18.2 Å². The van der Waals surface area contributed by atoms with E-state index in [0.717, 1.165) is 28.1 Å². The van der Waals surface area contributed by atoms with Crippen molar-refractivity contribution in [2.24, 2.45) is 0 Å². The van der Waals surface area contributed by atoms with Gasteiger partial charge in [-0.2, -0.15) is 8.78 Å². The Hall–Kier alpha value is -3.57. The second-order valence-electron chi connectivity index (χ2n) is 7.73. The number of halogens is 3. The minimum absolute atomic E-state index is 0.0810. The minimum atomic E-state index is -2.94. The van der Waals surface area contributed by atoms with Crippen LogP contribution in [0.3, 0.4) is 0 Å². The van der Waals surface area contributed by atoms with E-state index in [9.17, 15) is 8.78 Å². The maximum atomic E-state index is 13.1. The molecule has 166 valence electrons. The molecule has 1 atom stereocenters. The molecule has 0 saturated heterocycles. The fraction of sp³-hybridized carbons (Fsp3) is 0.111. The second kappa shape index (κ2) is 8.75. The summed E-state index contributed by atoms with van der Waals surface area (Å²) in [5.74, 6) is 0.562. The van der Waals surface area contributed by atoms with Crippen LogP contribution in [-0.2, 0) is 0 Å². The number of hydrogen-bond donors (Lipinski definition) is 0. The van der Waals surface area contributed by atoms with Crippen molar-refractivity contribution in [1.29, 1.82) is 0 Å². The molecule has 1 unspecified atom stereocenters. The molecule has 0 aliphatic carbocycles. The molecule has 0 fully saturated rings. The summed E-state index contributed by atoms with van der Waals surface area (Å²) in [6, 6.07) is 28.3. The van der Waals surface area contributed by atoms with Crippen LogP contribution in [0.25, 0.3) is 11.1 Å². The van der Waals surface area contributed by atoms with Gasteiger partial charge in [0.05, 0.1) is 5.56 Å². The molecule has 1 aliphatic heterocycles. The summed E-state index contributed by atoms with van der Waals surface area (Å²) in [6.07, 6.45) is -0.461. The van der Waals surface area contributed by atoms with E-state index in [-0.39, 0.29) is 5.75 Å².